The Kier molecular flexibility index (Phi) is 3.01. The first-order valence-electron chi connectivity index (χ1n) is 4.16. The first-order chi connectivity index (χ1) is 6.28. The Hall–Kier alpha value is -0.430. The molecule has 2 nitrogen and oxygen atoms in total. The van der Waals surface area contributed by atoms with Crippen LogP contribution in [0.3, 0.4) is 0 Å². The van der Waals surface area contributed by atoms with Crippen molar-refractivity contribution in [3.63, 3.8) is 0 Å². The summed E-state index contributed by atoms with van der Waals surface area (Å²) in [5.74, 6) is -4.64. The number of hydrogen-bond donors (Lipinski definition) is 1. The Morgan fingerprint density at radius 1 is 1.21 bits per heavy atom. The van der Waals surface area contributed by atoms with Crippen molar-refractivity contribution >= 4 is 0 Å². The second kappa shape index (κ2) is 3.62. The first-order valence-corrected chi connectivity index (χ1v) is 4.16. The third-order valence-corrected chi connectivity index (χ3v) is 2.35. The van der Waals surface area contributed by atoms with Crippen LogP contribution in [0.4, 0.5) is 22.0 Å². The molecule has 1 saturated heterocycles. The van der Waals surface area contributed by atoms with Crippen LogP contribution >= 0.6 is 0 Å². The fourth-order valence-corrected chi connectivity index (χ4v) is 1.31. The van der Waals surface area contributed by atoms with Crippen molar-refractivity contribution < 1.29 is 22.0 Å². The van der Waals surface area contributed by atoms with E-state index in [1.807, 2.05) is 0 Å². The molecule has 0 spiro atoms. The van der Waals surface area contributed by atoms with Crippen molar-refractivity contribution in [3.05, 3.63) is 0 Å². The van der Waals surface area contributed by atoms with Gasteiger partial charge in [-0.15, -0.1) is 0 Å². The van der Waals surface area contributed by atoms with E-state index >= 15 is 0 Å². The van der Waals surface area contributed by atoms with E-state index in [0.717, 1.165) is 4.90 Å². The number of halogens is 5. The topological polar surface area (TPSA) is 29.3 Å². The van der Waals surface area contributed by atoms with Gasteiger partial charge in [0.1, 0.15) is 0 Å². The van der Waals surface area contributed by atoms with Crippen molar-refractivity contribution in [1.29, 1.82) is 0 Å². The fourth-order valence-electron chi connectivity index (χ4n) is 1.31. The molecule has 0 aliphatic carbocycles. The van der Waals surface area contributed by atoms with Gasteiger partial charge in [-0.05, 0) is 6.42 Å². The van der Waals surface area contributed by atoms with Crippen LogP contribution in [0.25, 0.3) is 0 Å². The first kappa shape index (κ1) is 11.6. The predicted molar refractivity (Wildman–Crippen MR) is 40.0 cm³/mol. The van der Waals surface area contributed by atoms with Crippen molar-refractivity contribution in [3.8, 4) is 0 Å². The molecule has 1 aliphatic rings. The third kappa shape index (κ3) is 2.14. The van der Waals surface area contributed by atoms with Gasteiger partial charge in [0, 0.05) is 19.1 Å². The highest BCUT2D eigenvalue weighted by Crippen LogP contribution is 2.37. The number of rotatable bonds is 3. The Morgan fingerprint density at radius 3 is 2.07 bits per heavy atom. The molecule has 1 rings (SSSR count). The van der Waals surface area contributed by atoms with E-state index in [-0.39, 0.29) is 19.1 Å². The van der Waals surface area contributed by atoms with Crippen LogP contribution in [-0.4, -0.2) is 42.7 Å². The van der Waals surface area contributed by atoms with Gasteiger partial charge in [0.25, 0.3) is 0 Å². The predicted octanol–water partition coefficient (Wildman–Crippen LogP) is 1.22. The Morgan fingerprint density at radius 2 is 1.79 bits per heavy atom. The largest absolute Gasteiger partial charge is 0.454 e. The highest BCUT2D eigenvalue weighted by Gasteiger charge is 2.58. The Balaban J connectivity index is 2.51. The minimum atomic E-state index is -5.47. The molecule has 0 aromatic rings. The summed E-state index contributed by atoms with van der Waals surface area (Å²) >= 11 is 0. The van der Waals surface area contributed by atoms with Crippen LogP contribution in [0.5, 0.6) is 0 Å². The molecule has 1 atom stereocenters. The molecule has 0 aromatic heterocycles. The quantitative estimate of drug-likeness (QED) is 0.721. The minimum Gasteiger partial charge on any atom is -0.329 e. The minimum absolute atomic E-state index is 0.119. The summed E-state index contributed by atoms with van der Waals surface area (Å²) in [7, 11) is 0. The SMILES string of the molecule is NCC1CCN1CC(F)(F)C(F)(F)F. The number of alkyl halides is 5. The molecule has 1 fully saturated rings. The van der Waals surface area contributed by atoms with Gasteiger partial charge in [0.2, 0.25) is 0 Å². The number of nitrogens with zero attached hydrogens (tertiary/aromatic N) is 1. The summed E-state index contributed by atoms with van der Waals surface area (Å²) in [4.78, 5) is 1.06. The molecule has 1 heterocycles. The highest BCUT2D eigenvalue weighted by molar-refractivity contribution is 4.89. The summed E-state index contributed by atoms with van der Waals surface area (Å²) in [6, 6.07) is -0.330. The van der Waals surface area contributed by atoms with Gasteiger partial charge >= 0.3 is 12.1 Å². The van der Waals surface area contributed by atoms with Gasteiger partial charge in [0.05, 0.1) is 6.54 Å². The standard InChI is InChI=1S/C7H11F5N2/c8-6(9,7(10,11)12)4-14-2-1-5(14)3-13/h5H,1-4,13H2. The van der Waals surface area contributed by atoms with Crippen LogP contribution in [0.15, 0.2) is 0 Å². The zero-order chi connectivity index (χ0) is 11.0. The molecule has 0 amide bonds. The normalized spacial score (nSPS) is 24.9. The molecule has 1 unspecified atom stereocenters. The van der Waals surface area contributed by atoms with Gasteiger partial charge < -0.3 is 5.73 Å². The Bertz CT molecular complexity index is 201. The van der Waals surface area contributed by atoms with Crippen LogP contribution in [0, 0.1) is 0 Å². The fraction of sp³-hybridized carbons (Fsp3) is 1.00. The summed E-state index contributed by atoms with van der Waals surface area (Å²) < 4.78 is 60.3. The highest BCUT2D eigenvalue weighted by atomic mass is 19.4. The van der Waals surface area contributed by atoms with E-state index in [1.165, 1.54) is 0 Å². The second-order valence-electron chi connectivity index (χ2n) is 3.35. The molecule has 0 saturated carbocycles. The molecule has 7 heteroatoms. The summed E-state index contributed by atoms with van der Waals surface area (Å²) in [5.41, 5.74) is 5.18. The van der Waals surface area contributed by atoms with E-state index in [2.05, 4.69) is 0 Å². The lowest BCUT2D eigenvalue weighted by Gasteiger charge is -2.42. The van der Waals surface area contributed by atoms with Gasteiger partial charge in [-0.3, -0.25) is 4.90 Å². The van der Waals surface area contributed by atoms with Crippen molar-refractivity contribution in [2.45, 2.75) is 24.6 Å². The molecular weight excluding hydrogens is 207 g/mol. The van der Waals surface area contributed by atoms with E-state index in [4.69, 9.17) is 5.73 Å². The lowest BCUT2D eigenvalue weighted by molar-refractivity contribution is -0.290. The average molecular weight is 218 g/mol. The third-order valence-electron chi connectivity index (χ3n) is 2.35. The van der Waals surface area contributed by atoms with Crippen LogP contribution < -0.4 is 5.73 Å². The van der Waals surface area contributed by atoms with E-state index in [0.29, 0.717) is 6.42 Å². The molecule has 1 aliphatic heterocycles. The van der Waals surface area contributed by atoms with Crippen LogP contribution in [0.2, 0.25) is 0 Å². The van der Waals surface area contributed by atoms with Crippen molar-refractivity contribution in [2.24, 2.45) is 5.73 Å². The van der Waals surface area contributed by atoms with E-state index in [1.54, 1.807) is 0 Å². The van der Waals surface area contributed by atoms with Gasteiger partial charge in [-0.25, -0.2) is 0 Å². The Labute approximate surface area is 77.9 Å². The average Bonchev–Trinajstić information content (AvgIpc) is 1.97. The molecule has 0 aromatic carbocycles. The van der Waals surface area contributed by atoms with Crippen LogP contribution in [0.1, 0.15) is 6.42 Å². The lowest BCUT2D eigenvalue weighted by atomic mass is 10.0. The van der Waals surface area contributed by atoms with E-state index in [9.17, 15) is 22.0 Å². The monoisotopic (exact) mass is 218 g/mol. The van der Waals surface area contributed by atoms with Gasteiger partial charge in [0.15, 0.2) is 0 Å². The maximum Gasteiger partial charge on any atom is 0.454 e. The number of nitrogens with two attached hydrogens (primary N) is 1. The maximum absolute atomic E-state index is 12.5. The summed E-state index contributed by atoms with van der Waals surface area (Å²) in [5, 5.41) is 0. The summed E-state index contributed by atoms with van der Waals surface area (Å²) in [6.07, 6.45) is -4.88. The molecule has 0 radical (unpaired) electrons. The molecule has 14 heavy (non-hydrogen) atoms. The van der Waals surface area contributed by atoms with Gasteiger partial charge in [-0.2, -0.15) is 22.0 Å². The van der Waals surface area contributed by atoms with E-state index < -0.39 is 18.6 Å². The lowest BCUT2D eigenvalue weighted by Crippen LogP contribution is -2.58. The summed E-state index contributed by atoms with van der Waals surface area (Å²) in [6.45, 7) is -0.903. The zero-order valence-corrected chi connectivity index (χ0v) is 7.32. The van der Waals surface area contributed by atoms with Crippen molar-refractivity contribution in [2.75, 3.05) is 19.6 Å². The second-order valence-corrected chi connectivity index (χ2v) is 3.35. The zero-order valence-electron chi connectivity index (χ0n) is 7.32. The molecule has 0 bridgehead atoms. The maximum atomic E-state index is 12.5. The molecule has 84 valence electrons. The van der Waals surface area contributed by atoms with Crippen molar-refractivity contribution in [1.82, 2.24) is 4.90 Å². The number of hydrogen-bond acceptors (Lipinski definition) is 2. The van der Waals surface area contributed by atoms with Crippen LogP contribution in [-0.2, 0) is 0 Å². The molecular formula is C7H11F5N2. The molecule has 2 N–H and O–H groups in total. The smallest absolute Gasteiger partial charge is 0.329 e. The van der Waals surface area contributed by atoms with Gasteiger partial charge in [-0.1, -0.05) is 0 Å². The number of likely N-dealkylation sites (tertiary alicyclic amines) is 1.